The molecule has 1 unspecified atom stereocenters. The first kappa shape index (κ1) is 14.5. The lowest BCUT2D eigenvalue weighted by Gasteiger charge is -2.17. The van der Waals surface area contributed by atoms with Crippen molar-refractivity contribution in [2.75, 3.05) is 6.61 Å². The van der Waals surface area contributed by atoms with Crippen LogP contribution < -0.4 is 0 Å². The SMILES string of the molecule is CCCC(=O)C(OCC)c1ccc(Cl)cc1Cl. The van der Waals surface area contributed by atoms with Crippen molar-refractivity contribution in [3.8, 4) is 0 Å². The Morgan fingerprint density at radius 3 is 2.59 bits per heavy atom. The zero-order chi connectivity index (χ0) is 12.8. The van der Waals surface area contributed by atoms with Crippen LogP contribution in [0.4, 0.5) is 0 Å². The van der Waals surface area contributed by atoms with Crippen molar-refractivity contribution in [3.05, 3.63) is 33.8 Å². The Labute approximate surface area is 112 Å². The van der Waals surface area contributed by atoms with Gasteiger partial charge in [0, 0.05) is 28.6 Å². The van der Waals surface area contributed by atoms with Crippen LogP contribution in [-0.2, 0) is 9.53 Å². The van der Waals surface area contributed by atoms with E-state index in [0.29, 0.717) is 28.6 Å². The summed E-state index contributed by atoms with van der Waals surface area (Å²) in [6.07, 6.45) is 0.710. The molecule has 0 heterocycles. The predicted molar refractivity (Wildman–Crippen MR) is 70.7 cm³/mol. The summed E-state index contributed by atoms with van der Waals surface area (Å²) in [5.41, 5.74) is 0.691. The van der Waals surface area contributed by atoms with Gasteiger partial charge in [-0.05, 0) is 25.5 Å². The number of ether oxygens (including phenoxy) is 1. The van der Waals surface area contributed by atoms with Gasteiger partial charge in [0.2, 0.25) is 0 Å². The second-order valence-corrected chi connectivity index (χ2v) is 4.56. The number of halogens is 2. The van der Waals surface area contributed by atoms with Gasteiger partial charge in [0.05, 0.1) is 0 Å². The average Bonchev–Trinajstić information content (AvgIpc) is 2.27. The fraction of sp³-hybridized carbons (Fsp3) is 0.462. The van der Waals surface area contributed by atoms with E-state index in [9.17, 15) is 4.79 Å². The molecule has 0 saturated heterocycles. The summed E-state index contributed by atoms with van der Waals surface area (Å²) in [6.45, 7) is 4.29. The number of carbonyl (C=O) groups is 1. The van der Waals surface area contributed by atoms with E-state index in [2.05, 4.69) is 0 Å². The van der Waals surface area contributed by atoms with Crippen molar-refractivity contribution in [2.24, 2.45) is 0 Å². The Hall–Kier alpha value is -0.570. The highest BCUT2D eigenvalue weighted by Gasteiger charge is 2.22. The molecular weight excluding hydrogens is 259 g/mol. The zero-order valence-electron chi connectivity index (χ0n) is 10.0. The van der Waals surface area contributed by atoms with Crippen LogP contribution in [0.1, 0.15) is 38.4 Å². The average molecular weight is 275 g/mol. The van der Waals surface area contributed by atoms with Crippen molar-refractivity contribution < 1.29 is 9.53 Å². The van der Waals surface area contributed by atoms with Crippen molar-refractivity contribution >= 4 is 29.0 Å². The maximum Gasteiger partial charge on any atom is 0.166 e. The Morgan fingerprint density at radius 1 is 1.35 bits per heavy atom. The van der Waals surface area contributed by atoms with E-state index in [4.69, 9.17) is 27.9 Å². The first-order valence-electron chi connectivity index (χ1n) is 5.69. The smallest absolute Gasteiger partial charge is 0.166 e. The molecule has 0 radical (unpaired) electrons. The summed E-state index contributed by atoms with van der Waals surface area (Å²) in [7, 11) is 0. The van der Waals surface area contributed by atoms with Gasteiger partial charge in [0.15, 0.2) is 5.78 Å². The first-order valence-corrected chi connectivity index (χ1v) is 6.45. The summed E-state index contributed by atoms with van der Waals surface area (Å²) in [4.78, 5) is 12.0. The minimum atomic E-state index is -0.579. The molecule has 1 rings (SSSR count). The monoisotopic (exact) mass is 274 g/mol. The molecule has 0 aliphatic carbocycles. The van der Waals surface area contributed by atoms with Crippen LogP contribution in [-0.4, -0.2) is 12.4 Å². The molecule has 0 fully saturated rings. The van der Waals surface area contributed by atoms with Crippen LogP contribution in [0.3, 0.4) is 0 Å². The number of hydrogen-bond donors (Lipinski definition) is 0. The van der Waals surface area contributed by atoms with Crippen LogP contribution in [0.25, 0.3) is 0 Å². The number of benzene rings is 1. The summed E-state index contributed by atoms with van der Waals surface area (Å²) >= 11 is 11.9. The molecule has 0 saturated carbocycles. The highest BCUT2D eigenvalue weighted by Crippen LogP contribution is 2.29. The number of ketones is 1. The van der Waals surface area contributed by atoms with E-state index in [1.54, 1.807) is 18.2 Å². The van der Waals surface area contributed by atoms with E-state index in [1.807, 2.05) is 13.8 Å². The highest BCUT2D eigenvalue weighted by atomic mass is 35.5. The third-order valence-corrected chi connectivity index (χ3v) is 2.93. The zero-order valence-corrected chi connectivity index (χ0v) is 11.5. The fourth-order valence-corrected chi connectivity index (χ4v) is 2.12. The normalized spacial score (nSPS) is 12.5. The van der Waals surface area contributed by atoms with Crippen LogP contribution in [0.15, 0.2) is 18.2 Å². The van der Waals surface area contributed by atoms with E-state index < -0.39 is 6.10 Å². The molecule has 2 nitrogen and oxygen atoms in total. The van der Waals surface area contributed by atoms with Gasteiger partial charge in [-0.15, -0.1) is 0 Å². The first-order chi connectivity index (χ1) is 8.10. The van der Waals surface area contributed by atoms with E-state index in [-0.39, 0.29) is 5.78 Å². The molecule has 4 heteroatoms. The van der Waals surface area contributed by atoms with Gasteiger partial charge in [0.1, 0.15) is 6.10 Å². The van der Waals surface area contributed by atoms with Gasteiger partial charge in [0.25, 0.3) is 0 Å². The maximum absolute atomic E-state index is 12.0. The summed E-state index contributed by atoms with van der Waals surface area (Å²) in [5, 5.41) is 1.03. The minimum absolute atomic E-state index is 0.0542. The largest absolute Gasteiger partial charge is 0.366 e. The van der Waals surface area contributed by atoms with E-state index >= 15 is 0 Å². The Bertz CT molecular complexity index is 391. The topological polar surface area (TPSA) is 26.3 Å². The van der Waals surface area contributed by atoms with E-state index in [1.165, 1.54) is 0 Å². The molecule has 0 amide bonds. The van der Waals surface area contributed by atoms with Gasteiger partial charge in [-0.2, -0.15) is 0 Å². The predicted octanol–water partition coefficient (Wildman–Crippen LogP) is 4.44. The summed E-state index contributed by atoms with van der Waals surface area (Å²) in [5.74, 6) is 0.0542. The second kappa shape index (κ2) is 7.00. The van der Waals surface area contributed by atoms with Crippen molar-refractivity contribution in [3.63, 3.8) is 0 Å². The highest BCUT2D eigenvalue weighted by molar-refractivity contribution is 6.35. The molecule has 17 heavy (non-hydrogen) atoms. The fourth-order valence-electron chi connectivity index (χ4n) is 1.61. The van der Waals surface area contributed by atoms with Gasteiger partial charge in [-0.1, -0.05) is 36.2 Å². The van der Waals surface area contributed by atoms with Crippen LogP contribution in [0.2, 0.25) is 10.0 Å². The molecular formula is C13H16Cl2O2. The molecule has 0 N–H and O–H groups in total. The second-order valence-electron chi connectivity index (χ2n) is 3.72. The number of rotatable bonds is 6. The number of hydrogen-bond acceptors (Lipinski definition) is 2. The molecule has 0 aromatic heterocycles. The van der Waals surface area contributed by atoms with Gasteiger partial charge in [-0.25, -0.2) is 0 Å². The van der Waals surface area contributed by atoms with Gasteiger partial charge < -0.3 is 4.74 Å². The lowest BCUT2D eigenvalue weighted by Crippen LogP contribution is -2.16. The van der Waals surface area contributed by atoms with Crippen LogP contribution >= 0.6 is 23.2 Å². The van der Waals surface area contributed by atoms with E-state index in [0.717, 1.165) is 6.42 Å². The molecule has 1 aromatic rings. The quantitative estimate of drug-likeness (QED) is 0.767. The number of carbonyl (C=O) groups excluding carboxylic acids is 1. The Morgan fingerprint density at radius 2 is 2.06 bits per heavy atom. The lowest BCUT2D eigenvalue weighted by atomic mass is 10.0. The molecule has 0 aliphatic heterocycles. The lowest BCUT2D eigenvalue weighted by molar-refractivity contribution is -0.130. The molecule has 0 bridgehead atoms. The van der Waals surface area contributed by atoms with Crippen molar-refractivity contribution in [1.29, 1.82) is 0 Å². The molecule has 0 spiro atoms. The Kier molecular flexibility index (Phi) is 5.96. The van der Waals surface area contributed by atoms with Gasteiger partial charge >= 0.3 is 0 Å². The third-order valence-electron chi connectivity index (χ3n) is 2.37. The Balaban J connectivity index is 3.00. The summed E-state index contributed by atoms with van der Waals surface area (Å²) in [6, 6.07) is 5.09. The van der Waals surface area contributed by atoms with Crippen LogP contribution in [0, 0.1) is 0 Å². The van der Waals surface area contributed by atoms with Crippen LogP contribution in [0.5, 0.6) is 0 Å². The van der Waals surface area contributed by atoms with Crippen molar-refractivity contribution in [2.45, 2.75) is 32.8 Å². The number of Topliss-reactive ketones (excluding diaryl/α,β-unsaturated/α-hetero) is 1. The molecule has 1 atom stereocenters. The third kappa shape index (κ3) is 3.98. The molecule has 0 aliphatic rings. The van der Waals surface area contributed by atoms with Gasteiger partial charge in [-0.3, -0.25) is 4.79 Å². The molecule has 1 aromatic carbocycles. The summed E-state index contributed by atoms with van der Waals surface area (Å²) < 4.78 is 5.49. The standard InChI is InChI=1S/C13H16Cl2O2/c1-3-5-12(16)13(17-4-2)10-7-6-9(14)8-11(10)15/h6-8,13H,3-5H2,1-2H3. The van der Waals surface area contributed by atoms with Crippen molar-refractivity contribution in [1.82, 2.24) is 0 Å². The minimum Gasteiger partial charge on any atom is -0.366 e. The molecule has 94 valence electrons. The maximum atomic E-state index is 12.0.